The second-order valence-electron chi connectivity index (χ2n) is 2.14. The third-order valence-electron chi connectivity index (χ3n) is 1.30. The molecule has 0 aliphatic carbocycles. The highest BCUT2D eigenvalue weighted by Gasteiger charge is 2.12. The van der Waals surface area contributed by atoms with Crippen LogP contribution in [0.15, 0.2) is 28.3 Å². The van der Waals surface area contributed by atoms with Crippen molar-refractivity contribution in [2.45, 2.75) is 4.90 Å². The molecule has 0 radical (unpaired) electrons. The monoisotopic (exact) mass is 239 g/mol. The molecule has 0 aliphatic heterocycles. The van der Waals surface area contributed by atoms with E-state index in [0.29, 0.717) is 0 Å². The van der Waals surface area contributed by atoms with Crippen molar-refractivity contribution in [3.8, 4) is 0 Å². The summed E-state index contributed by atoms with van der Waals surface area (Å²) in [6, 6.07) is 3.45. The molecule has 0 aliphatic rings. The van der Waals surface area contributed by atoms with E-state index in [9.17, 15) is 13.3 Å². The normalized spacial score (nSPS) is 11.2. The molecule has 1 aromatic carbocycles. The molecule has 0 saturated carbocycles. The van der Waals surface area contributed by atoms with E-state index in [4.69, 9.17) is 22.3 Å². The van der Waals surface area contributed by atoms with Crippen molar-refractivity contribution in [3.63, 3.8) is 0 Å². The van der Waals surface area contributed by atoms with Crippen LogP contribution in [0.4, 0.5) is 5.69 Å². The van der Waals surface area contributed by atoms with Crippen molar-refractivity contribution in [1.29, 1.82) is 0 Å². The molecule has 7 heteroatoms. The van der Waals surface area contributed by atoms with Gasteiger partial charge in [-0.2, -0.15) is 0 Å². The van der Waals surface area contributed by atoms with E-state index in [1.54, 1.807) is 0 Å². The van der Waals surface area contributed by atoms with Crippen LogP contribution in [-0.4, -0.2) is 8.42 Å². The lowest BCUT2D eigenvalue weighted by molar-refractivity contribution is 0.609. The molecule has 0 spiro atoms. The van der Waals surface area contributed by atoms with Gasteiger partial charge in [0.15, 0.2) is 0 Å². The van der Waals surface area contributed by atoms with Crippen molar-refractivity contribution in [1.82, 2.24) is 0 Å². The van der Waals surface area contributed by atoms with Crippen molar-refractivity contribution in [3.05, 3.63) is 28.1 Å². The molecule has 0 unspecified atom stereocenters. The Morgan fingerprint density at radius 2 is 1.92 bits per heavy atom. The molecule has 0 N–H and O–H groups in total. The van der Waals surface area contributed by atoms with Gasteiger partial charge in [0, 0.05) is 10.7 Å². The second kappa shape index (κ2) is 3.61. The molecule has 0 heterocycles. The van der Waals surface area contributed by atoms with Crippen LogP contribution in [0.5, 0.6) is 0 Å². The van der Waals surface area contributed by atoms with E-state index in [2.05, 4.69) is 5.18 Å². The summed E-state index contributed by atoms with van der Waals surface area (Å²) in [4.78, 5) is 9.93. The zero-order valence-corrected chi connectivity index (χ0v) is 8.40. The molecule has 0 saturated heterocycles. The summed E-state index contributed by atoms with van der Waals surface area (Å²) in [5, 5.41) is 2.62. The number of benzene rings is 1. The first-order chi connectivity index (χ1) is 5.95. The Balaban J connectivity index is 3.38. The Morgan fingerprint density at radius 1 is 1.31 bits per heavy atom. The number of nitroso groups, excluding NO2 is 1. The first-order valence-corrected chi connectivity index (χ1v) is 5.71. The zero-order valence-electron chi connectivity index (χ0n) is 6.07. The van der Waals surface area contributed by atoms with E-state index >= 15 is 0 Å². The molecular weight excluding hydrogens is 237 g/mol. The van der Waals surface area contributed by atoms with Crippen LogP contribution in [0.2, 0.25) is 5.02 Å². The van der Waals surface area contributed by atoms with E-state index in [-0.39, 0.29) is 15.6 Å². The van der Waals surface area contributed by atoms with Gasteiger partial charge in [-0.25, -0.2) is 8.42 Å². The Bertz CT molecular complexity index is 443. The van der Waals surface area contributed by atoms with Crippen LogP contribution >= 0.6 is 22.3 Å². The third kappa shape index (κ3) is 2.40. The van der Waals surface area contributed by atoms with Gasteiger partial charge in [0.2, 0.25) is 0 Å². The molecule has 4 nitrogen and oxygen atoms in total. The highest BCUT2D eigenvalue weighted by molar-refractivity contribution is 8.13. The molecule has 0 amide bonds. The standard InChI is InChI=1S/C6H3Cl2NO3S/c7-5-2-1-4(13(8,11)12)3-6(5)9-10/h1-3H. The quantitative estimate of drug-likeness (QED) is 0.589. The van der Waals surface area contributed by atoms with Gasteiger partial charge in [0.05, 0.1) is 9.92 Å². The number of hydrogen-bond acceptors (Lipinski definition) is 4. The highest BCUT2D eigenvalue weighted by atomic mass is 35.7. The highest BCUT2D eigenvalue weighted by Crippen LogP contribution is 2.28. The average Bonchev–Trinajstić information content (AvgIpc) is 2.03. The largest absolute Gasteiger partial charge is 0.261 e. The van der Waals surface area contributed by atoms with Gasteiger partial charge in [0.1, 0.15) is 5.69 Å². The maximum Gasteiger partial charge on any atom is 0.261 e. The molecule has 1 aromatic rings. The van der Waals surface area contributed by atoms with Gasteiger partial charge >= 0.3 is 0 Å². The molecule has 0 fully saturated rings. The number of rotatable bonds is 2. The lowest BCUT2D eigenvalue weighted by Crippen LogP contribution is -1.89. The van der Waals surface area contributed by atoms with Crippen molar-refractivity contribution < 1.29 is 8.42 Å². The van der Waals surface area contributed by atoms with E-state index in [0.717, 1.165) is 6.07 Å². The molecule has 1 rings (SSSR count). The second-order valence-corrected chi connectivity index (χ2v) is 5.12. The van der Waals surface area contributed by atoms with Crippen LogP contribution in [-0.2, 0) is 9.05 Å². The fourth-order valence-corrected chi connectivity index (χ4v) is 1.64. The van der Waals surface area contributed by atoms with E-state index in [1.807, 2.05) is 0 Å². The smallest absolute Gasteiger partial charge is 0.207 e. The SMILES string of the molecule is O=Nc1cc(S(=O)(=O)Cl)ccc1Cl. The molecule has 70 valence electrons. The Labute approximate surface area is 83.9 Å². The zero-order chi connectivity index (χ0) is 10.1. The predicted octanol–water partition coefficient (Wildman–Crippen LogP) is 2.67. The Hall–Kier alpha value is -0.650. The van der Waals surface area contributed by atoms with Gasteiger partial charge in [0.25, 0.3) is 9.05 Å². The summed E-state index contributed by atoms with van der Waals surface area (Å²) in [6.07, 6.45) is 0. The molecule has 0 aromatic heterocycles. The van der Waals surface area contributed by atoms with Gasteiger partial charge in [-0.3, -0.25) is 0 Å². The number of hydrogen-bond donors (Lipinski definition) is 0. The fraction of sp³-hybridized carbons (Fsp3) is 0. The van der Waals surface area contributed by atoms with Crippen molar-refractivity contribution in [2.75, 3.05) is 0 Å². The fourth-order valence-electron chi connectivity index (χ4n) is 0.714. The Kier molecular flexibility index (Phi) is 2.90. The lowest BCUT2D eigenvalue weighted by atomic mass is 10.3. The molecule has 13 heavy (non-hydrogen) atoms. The third-order valence-corrected chi connectivity index (χ3v) is 2.97. The van der Waals surface area contributed by atoms with Crippen LogP contribution < -0.4 is 0 Å². The summed E-state index contributed by atoms with van der Waals surface area (Å²) >= 11 is 5.51. The van der Waals surface area contributed by atoms with Gasteiger partial charge in [-0.05, 0) is 23.4 Å². The summed E-state index contributed by atoms with van der Waals surface area (Å²) < 4.78 is 21.6. The van der Waals surface area contributed by atoms with Gasteiger partial charge in [-0.1, -0.05) is 11.6 Å². The summed E-state index contributed by atoms with van der Waals surface area (Å²) in [5.74, 6) is 0. The minimum atomic E-state index is -3.84. The summed E-state index contributed by atoms with van der Waals surface area (Å²) in [7, 11) is 1.19. The lowest BCUT2D eigenvalue weighted by Gasteiger charge is -1.97. The molecular formula is C6H3Cl2NO3S. The van der Waals surface area contributed by atoms with Crippen molar-refractivity contribution in [2.24, 2.45) is 5.18 Å². The van der Waals surface area contributed by atoms with E-state index in [1.165, 1.54) is 12.1 Å². The van der Waals surface area contributed by atoms with Crippen LogP contribution in [0.3, 0.4) is 0 Å². The van der Waals surface area contributed by atoms with Crippen molar-refractivity contribution >= 4 is 37.0 Å². The van der Waals surface area contributed by atoms with Gasteiger partial charge < -0.3 is 0 Å². The summed E-state index contributed by atoms with van der Waals surface area (Å²) in [6.45, 7) is 0. The van der Waals surface area contributed by atoms with Crippen LogP contribution in [0, 0.1) is 4.91 Å². The topological polar surface area (TPSA) is 63.6 Å². The first kappa shape index (κ1) is 10.4. The van der Waals surface area contributed by atoms with E-state index < -0.39 is 9.05 Å². The minimum absolute atomic E-state index is 0.0825. The maximum atomic E-state index is 10.8. The summed E-state index contributed by atoms with van der Waals surface area (Å²) in [5.41, 5.74) is -0.150. The first-order valence-electron chi connectivity index (χ1n) is 3.02. The maximum absolute atomic E-state index is 10.8. The number of nitrogens with zero attached hydrogens (tertiary/aromatic N) is 1. The average molecular weight is 240 g/mol. The van der Waals surface area contributed by atoms with Crippen LogP contribution in [0.1, 0.15) is 0 Å². The van der Waals surface area contributed by atoms with Gasteiger partial charge in [-0.15, -0.1) is 4.91 Å². The molecule has 0 bridgehead atoms. The minimum Gasteiger partial charge on any atom is -0.207 e. The number of halogens is 2. The Morgan fingerprint density at radius 3 is 2.38 bits per heavy atom. The van der Waals surface area contributed by atoms with Crippen LogP contribution in [0.25, 0.3) is 0 Å². The predicted molar refractivity (Wildman–Crippen MR) is 49.9 cm³/mol. The molecule has 0 atom stereocenters.